The van der Waals surface area contributed by atoms with Crippen LogP contribution in [0.4, 0.5) is 5.69 Å². The van der Waals surface area contributed by atoms with Crippen LogP contribution in [0.2, 0.25) is 10.0 Å². The fourth-order valence-electron chi connectivity index (χ4n) is 1.94. The van der Waals surface area contributed by atoms with Crippen LogP contribution in [0, 0.1) is 17.3 Å². The second kappa shape index (κ2) is 10.3. The summed E-state index contributed by atoms with van der Waals surface area (Å²) >= 11 is 13.4. The van der Waals surface area contributed by atoms with Crippen LogP contribution in [0.5, 0.6) is 0 Å². The lowest BCUT2D eigenvalue weighted by molar-refractivity contribution is 0.0703. The molecule has 1 aromatic carbocycles. The van der Waals surface area contributed by atoms with Gasteiger partial charge in [-0.3, -0.25) is 0 Å². The van der Waals surface area contributed by atoms with E-state index in [2.05, 4.69) is 16.9 Å². The third kappa shape index (κ3) is 7.35. The van der Waals surface area contributed by atoms with E-state index in [-0.39, 0.29) is 10.3 Å². The summed E-state index contributed by atoms with van der Waals surface area (Å²) in [5.74, 6) is 5.22. The average Bonchev–Trinajstić information content (AvgIpc) is 2.97. The Labute approximate surface area is 176 Å². The summed E-state index contributed by atoms with van der Waals surface area (Å²) in [5, 5.41) is 14.8. The van der Waals surface area contributed by atoms with Crippen molar-refractivity contribution in [1.82, 2.24) is 0 Å². The quantitative estimate of drug-likeness (QED) is 0.397. The summed E-state index contributed by atoms with van der Waals surface area (Å²) in [4.78, 5) is 12.5. The Morgan fingerprint density at radius 1 is 1.22 bits per heavy atom. The summed E-state index contributed by atoms with van der Waals surface area (Å²) in [6.07, 6.45) is 0. The smallest absolute Gasteiger partial charge is 0.348 e. The van der Waals surface area contributed by atoms with Gasteiger partial charge in [0, 0.05) is 23.8 Å². The highest BCUT2D eigenvalue weighted by Crippen LogP contribution is 2.38. The third-order valence-electron chi connectivity index (χ3n) is 3.05. The first-order valence-corrected chi connectivity index (χ1v) is 11.8. The predicted molar refractivity (Wildman–Crippen MR) is 122 cm³/mol. The van der Waals surface area contributed by atoms with E-state index in [0.717, 1.165) is 10.2 Å². The number of halogens is 2. The fourth-order valence-corrected chi connectivity index (χ4v) is 4.95. The maximum Gasteiger partial charge on any atom is 0.348 e. The van der Waals surface area contributed by atoms with Crippen molar-refractivity contribution in [2.75, 3.05) is 11.8 Å². The third-order valence-corrected chi connectivity index (χ3v) is 6.45. The largest absolute Gasteiger partial charge is 0.477 e. The molecule has 0 aliphatic rings. The minimum atomic E-state index is -0.970. The SMILES string of the molecule is CC.CP(Nc1cc(C#CC(C)(C)C)sc1C(=O)O)c1ccc(Cl)cc1Cl. The number of benzene rings is 1. The number of hydrogen-bond donors (Lipinski definition) is 2. The Hall–Kier alpha value is -1.24. The van der Waals surface area contributed by atoms with Gasteiger partial charge in [-0.05, 0) is 51.7 Å². The van der Waals surface area contributed by atoms with Crippen molar-refractivity contribution in [2.24, 2.45) is 5.41 Å². The van der Waals surface area contributed by atoms with E-state index in [1.54, 1.807) is 18.2 Å². The van der Waals surface area contributed by atoms with E-state index in [9.17, 15) is 9.90 Å². The topological polar surface area (TPSA) is 49.3 Å². The van der Waals surface area contributed by atoms with Crippen LogP contribution in [-0.2, 0) is 0 Å². The van der Waals surface area contributed by atoms with Crippen LogP contribution in [0.1, 0.15) is 49.2 Å². The van der Waals surface area contributed by atoms with E-state index < -0.39 is 14.0 Å². The average molecular weight is 444 g/mol. The van der Waals surface area contributed by atoms with Gasteiger partial charge in [-0.25, -0.2) is 4.79 Å². The van der Waals surface area contributed by atoms with Crippen molar-refractivity contribution in [3.8, 4) is 11.8 Å². The van der Waals surface area contributed by atoms with Crippen LogP contribution in [0.25, 0.3) is 0 Å². The minimum absolute atomic E-state index is 0.144. The number of carboxylic acid groups (broad SMARTS) is 1. The molecule has 27 heavy (non-hydrogen) atoms. The maximum absolute atomic E-state index is 11.6. The fraction of sp³-hybridized carbons (Fsp3) is 0.350. The molecular formula is C20H24Cl2NO2PS. The number of rotatable bonds is 4. The normalized spacial score (nSPS) is 11.6. The van der Waals surface area contributed by atoms with Gasteiger partial charge in [0.1, 0.15) is 4.88 Å². The van der Waals surface area contributed by atoms with Gasteiger partial charge < -0.3 is 10.2 Å². The number of nitrogens with one attached hydrogen (secondary N) is 1. The number of carboxylic acids is 1. The molecule has 0 saturated heterocycles. The molecule has 2 rings (SSSR count). The van der Waals surface area contributed by atoms with E-state index in [4.69, 9.17) is 23.2 Å². The van der Waals surface area contributed by atoms with Crippen LogP contribution in [0.15, 0.2) is 24.3 Å². The van der Waals surface area contributed by atoms with Crippen molar-refractivity contribution in [3.63, 3.8) is 0 Å². The highest BCUT2D eigenvalue weighted by atomic mass is 35.5. The first-order valence-electron chi connectivity index (χ1n) is 8.42. The van der Waals surface area contributed by atoms with Gasteiger partial charge in [0.2, 0.25) is 0 Å². The van der Waals surface area contributed by atoms with Crippen LogP contribution < -0.4 is 10.4 Å². The Balaban J connectivity index is 0.00000176. The van der Waals surface area contributed by atoms with Crippen molar-refractivity contribution in [2.45, 2.75) is 34.6 Å². The summed E-state index contributed by atoms with van der Waals surface area (Å²) in [7, 11) is -0.890. The number of thiophene rings is 1. The van der Waals surface area contributed by atoms with Crippen molar-refractivity contribution in [1.29, 1.82) is 0 Å². The van der Waals surface area contributed by atoms with E-state index >= 15 is 0 Å². The first-order chi connectivity index (χ1) is 12.6. The Morgan fingerprint density at radius 3 is 2.37 bits per heavy atom. The molecule has 0 radical (unpaired) electrons. The minimum Gasteiger partial charge on any atom is -0.477 e. The Morgan fingerprint density at radius 2 is 1.85 bits per heavy atom. The van der Waals surface area contributed by atoms with E-state index in [0.29, 0.717) is 15.7 Å². The highest BCUT2D eigenvalue weighted by molar-refractivity contribution is 7.66. The lowest BCUT2D eigenvalue weighted by atomic mass is 9.98. The standard InChI is InChI=1S/C18H18Cl2NO2PS.C2H6/c1-18(2,3)8-7-12-10-14(16(25-12)17(22)23)21-24(4)15-6-5-11(19)9-13(15)20;1-2/h5-6,9-10,21H,1-4H3,(H,22,23);1-2H3. The van der Waals surface area contributed by atoms with Crippen molar-refractivity contribution in [3.05, 3.63) is 44.1 Å². The molecule has 0 aliphatic carbocycles. The molecule has 1 heterocycles. The van der Waals surface area contributed by atoms with Gasteiger partial charge in [0.25, 0.3) is 0 Å². The molecule has 2 N–H and O–H groups in total. The lowest BCUT2D eigenvalue weighted by Crippen LogP contribution is -2.08. The van der Waals surface area contributed by atoms with Crippen molar-refractivity contribution >= 4 is 59.6 Å². The van der Waals surface area contributed by atoms with Crippen LogP contribution in [-0.4, -0.2) is 17.7 Å². The molecule has 146 valence electrons. The summed E-state index contributed by atoms with van der Waals surface area (Å²) in [5.41, 5.74) is 0.421. The molecule has 0 bridgehead atoms. The van der Waals surface area contributed by atoms with Gasteiger partial charge in [0.05, 0.1) is 15.6 Å². The lowest BCUT2D eigenvalue weighted by Gasteiger charge is -2.16. The zero-order valence-corrected chi connectivity index (χ0v) is 19.5. The summed E-state index contributed by atoms with van der Waals surface area (Å²) < 4.78 is 0. The van der Waals surface area contributed by atoms with Gasteiger partial charge in [-0.15, -0.1) is 11.3 Å². The zero-order valence-electron chi connectivity index (χ0n) is 16.3. The van der Waals surface area contributed by atoms with E-state index in [1.165, 1.54) is 11.3 Å². The molecule has 1 aromatic heterocycles. The number of anilines is 1. The summed E-state index contributed by atoms with van der Waals surface area (Å²) in [6, 6.07) is 7.10. The molecule has 3 nitrogen and oxygen atoms in total. The Bertz CT molecular complexity index is 863. The molecule has 0 saturated carbocycles. The second-order valence-electron chi connectivity index (χ2n) is 6.43. The molecular weight excluding hydrogens is 420 g/mol. The van der Waals surface area contributed by atoms with Crippen molar-refractivity contribution < 1.29 is 9.90 Å². The molecule has 7 heteroatoms. The molecule has 0 fully saturated rings. The first kappa shape index (κ1) is 23.8. The monoisotopic (exact) mass is 443 g/mol. The molecule has 1 unspecified atom stereocenters. The van der Waals surface area contributed by atoms with Gasteiger partial charge >= 0.3 is 5.97 Å². The molecule has 0 aliphatic heterocycles. The number of aromatic carboxylic acids is 1. The maximum atomic E-state index is 11.6. The Kier molecular flexibility index (Phi) is 9.12. The zero-order chi connectivity index (χ0) is 20.8. The van der Waals surface area contributed by atoms with Gasteiger partial charge in [-0.2, -0.15) is 0 Å². The molecule has 1 atom stereocenters. The molecule has 2 aromatic rings. The van der Waals surface area contributed by atoms with Crippen LogP contribution >= 0.6 is 42.6 Å². The number of carbonyl (C=O) groups is 1. The number of hydrogen-bond acceptors (Lipinski definition) is 3. The van der Waals surface area contributed by atoms with Crippen LogP contribution in [0.3, 0.4) is 0 Å². The molecule has 0 amide bonds. The van der Waals surface area contributed by atoms with Gasteiger partial charge in [0.15, 0.2) is 0 Å². The highest BCUT2D eigenvalue weighted by Gasteiger charge is 2.18. The second-order valence-corrected chi connectivity index (χ2v) is 10.1. The predicted octanol–water partition coefficient (Wildman–Crippen LogP) is 6.94. The summed E-state index contributed by atoms with van der Waals surface area (Å²) in [6.45, 7) is 12.0. The van der Waals surface area contributed by atoms with Gasteiger partial charge in [-0.1, -0.05) is 48.9 Å². The van der Waals surface area contributed by atoms with E-state index in [1.807, 2.05) is 47.3 Å². The molecule has 0 spiro atoms.